The van der Waals surface area contributed by atoms with E-state index in [0.29, 0.717) is 23.7 Å². The maximum Gasteiger partial charge on any atom is 0.144 e. The van der Waals surface area contributed by atoms with Crippen molar-refractivity contribution in [3.8, 4) is 45.3 Å². The molecule has 0 radical (unpaired) electrons. The summed E-state index contributed by atoms with van der Waals surface area (Å²) in [5.74, 6) is 4.34. The third-order valence-corrected chi connectivity index (χ3v) is 17.6. The molecule has 0 amide bonds. The lowest BCUT2D eigenvalue weighted by molar-refractivity contribution is 0.433. The van der Waals surface area contributed by atoms with Crippen molar-refractivity contribution < 1.29 is 0 Å². The third kappa shape index (κ3) is 9.59. The third-order valence-electron chi connectivity index (χ3n) is 17.6. The Balaban J connectivity index is 0.966. The largest absolute Gasteiger partial charge is 0.299 e. The predicted molar refractivity (Wildman–Crippen MR) is 299 cm³/mol. The number of imidazole rings is 2. The molecule has 1 atom stereocenters. The first-order valence-corrected chi connectivity index (χ1v) is 28.4. The Morgan fingerprint density at radius 2 is 0.722 bits per heavy atom. The summed E-state index contributed by atoms with van der Waals surface area (Å²) in [7, 11) is 0. The molecule has 6 aromatic carbocycles. The summed E-state index contributed by atoms with van der Waals surface area (Å²) >= 11 is 0. The molecule has 4 saturated carbocycles. The quantitative estimate of drug-likeness (QED) is 0.114. The molecule has 72 heavy (non-hydrogen) atoms. The standard InChI is InChI=1S/C68H74N4/c1-48-42-60(50-24-10-3-11-25-50)65(61(43-48)51-26-12-4-13-27-51)71-40-38-69-67(71)57-36-20-34-55(44-57)64(54-32-18-7-19-33-54)56-35-21-37-58(45-56)68-70-39-41-72(68)66-62(52-28-14-5-15-29-52)46-59(49-22-8-2-9-23-49)47-63(66)53-30-16-6-17-31-53/h2,7-9,18-23,32-47,50-53,64H,3-6,10-17,24-31H2,1H3. The number of rotatable bonds is 12. The second-order valence-corrected chi connectivity index (χ2v) is 22.3. The van der Waals surface area contributed by atoms with Crippen LogP contribution in [-0.2, 0) is 0 Å². The van der Waals surface area contributed by atoms with Gasteiger partial charge in [-0.3, -0.25) is 9.13 Å². The summed E-state index contributed by atoms with van der Waals surface area (Å²) in [6, 6.07) is 51.3. The van der Waals surface area contributed by atoms with Gasteiger partial charge < -0.3 is 0 Å². The van der Waals surface area contributed by atoms with Crippen LogP contribution in [0.2, 0.25) is 0 Å². The molecule has 1 unspecified atom stereocenters. The fraction of sp³-hybridized carbons (Fsp3) is 0.382. The van der Waals surface area contributed by atoms with E-state index < -0.39 is 0 Å². The Kier molecular flexibility index (Phi) is 13.9. The number of aromatic nitrogens is 4. The summed E-state index contributed by atoms with van der Waals surface area (Å²) in [4.78, 5) is 10.5. The van der Waals surface area contributed by atoms with Crippen molar-refractivity contribution in [1.82, 2.24) is 19.1 Å². The molecular formula is C68H74N4. The lowest BCUT2D eigenvalue weighted by Gasteiger charge is -2.31. The SMILES string of the molecule is Cc1cc(C2CCCCC2)c(-n2ccnc2-c2cccc(C(c3ccccc3)c3cccc(-c4nccn4-c4c(C5CCCCC5)cc(-c5ccccc5)cc4C4CCCCC4)c3)c2)c(C2CCCCC2)c1. The number of benzene rings is 6. The summed E-state index contributed by atoms with van der Waals surface area (Å²) in [6.45, 7) is 2.33. The monoisotopic (exact) mass is 947 g/mol. The Labute approximate surface area is 430 Å². The first-order valence-electron chi connectivity index (χ1n) is 28.4. The molecule has 4 fully saturated rings. The summed E-state index contributed by atoms with van der Waals surface area (Å²) in [6.07, 6.45) is 34.7. The summed E-state index contributed by atoms with van der Waals surface area (Å²) in [5.41, 5.74) is 19.2. The first-order chi connectivity index (χ1) is 35.6. The molecule has 12 rings (SSSR count). The predicted octanol–water partition coefficient (Wildman–Crippen LogP) is 18.7. The lowest BCUT2D eigenvalue weighted by atomic mass is 9.77. The van der Waals surface area contributed by atoms with Crippen molar-refractivity contribution in [1.29, 1.82) is 0 Å². The van der Waals surface area contributed by atoms with E-state index in [9.17, 15) is 0 Å². The molecule has 2 aromatic heterocycles. The van der Waals surface area contributed by atoms with Crippen molar-refractivity contribution in [2.45, 2.75) is 165 Å². The molecule has 0 saturated heterocycles. The van der Waals surface area contributed by atoms with Crippen LogP contribution in [0.3, 0.4) is 0 Å². The van der Waals surface area contributed by atoms with Crippen LogP contribution >= 0.6 is 0 Å². The number of aryl methyl sites for hydroxylation is 1. The highest BCUT2D eigenvalue weighted by atomic mass is 15.1. The van der Waals surface area contributed by atoms with Crippen molar-refractivity contribution in [2.75, 3.05) is 0 Å². The fourth-order valence-corrected chi connectivity index (χ4v) is 14.1. The van der Waals surface area contributed by atoms with E-state index in [1.54, 1.807) is 11.1 Å². The molecule has 0 aliphatic heterocycles. The van der Waals surface area contributed by atoms with Crippen LogP contribution in [0, 0.1) is 6.92 Å². The van der Waals surface area contributed by atoms with E-state index in [0.717, 1.165) is 17.2 Å². The average molecular weight is 947 g/mol. The minimum absolute atomic E-state index is 0.00801. The van der Waals surface area contributed by atoms with Crippen molar-refractivity contribution in [2.24, 2.45) is 0 Å². The van der Waals surface area contributed by atoms with E-state index >= 15 is 0 Å². The number of nitrogens with zero attached hydrogens (tertiary/aromatic N) is 4. The van der Waals surface area contributed by atoms with Gasteiger partial charge in [0.2, 0.25) is 0 Å². The molecule has 4 heteroatoms. The lowest BCUT2D eigenvalue weighted by Crippen LogP contribution is -2.15. The van der Waals surface area contributed by atoms with Gasteiger partial charge in [-0.05, 0) is 156 Å². The van der Waals surface area contributed by atoms with Crippen molar-refractivity contribution in [3.05, 3.63) is 203 Å². The molecule has 366 valence electrons. The van der Waals surface area contributed by atoms with Crippen LogP contribution in [0.4, 0.5) is 0 Å². The van der Waals surface area contributed by atoms with E-state index in [2.05, 4.69) is 168 Å². The molecule has 0 spiro atoms. The van der Waals surface area contributed by atoms with Gasteiger partial charge in [-0.1, -0.05) is 192 Å². The van der Waals surface area contributed by atoms with Gasteiger partial charge in [-0.2, -0.15) is 0 Å². The molecule has 4 aliphatic carbocycles. The highest BCUT2D eigenvalue weighted by Crippen LogP contribution is 2.47. The van der Waals surface area contributed by atoms with Crippen LogP contribution < -0.4 is 0 Å². The Morgan fingerprint density at radius 3 is 1.14 bits per heavy atom. The fourth-order valence-electron chi connectivity index (χ4n) is 14.1. The van der Waals surface area contributed by atoms with E-state index in [1.807, 2.05) is 6.20 Å². The van der Waals surface area contributed by atoms with E-state index in [-0.39, 0.29) is 5.92 Å². The highest BCUT2D eigenvalue weighted by molar-refractivity contribution is 5.72. The minimum atomic E-state index is 0.00801. The maximum absolute atomic E-state index is 5.29. The molecule has 0 N–H and O–H groups in total. The molecule has 0 bridgehead atoms. The second kappa shape index (κ2) is 21.4. The molecule has 8 aromatic rings. The van der Waals surface area contributed by atoms with Gasteiger partial charge in [0.05, 0.1) is 11.4 Å². The second-order valence-electron chi connectivity index (χ2n) is 22.3. The average Bonchev–Trinajstić information content (AvgIpc) is 4.16. The van der Waals surface area contributed by atoms with Gasteiger partial charge >= 0.3 is 0 Å². The van der Waals surface area contributed by atoms with E-state index in [4.69, 9.17) is 9.97 Å². The Morgan fingerprint density at radius 1 is 0.361 bits per heavy atom. The maximum atomic E-state index is 5.29. The normalized spacial score (nSPS) is 18.1. The van der Waals surface area contributed by atoms with Crippen LogP contribution in [0.5, 0.6) is 0 Å². The van der Waals surface area contributed by atoms with Crippen molar-refractivity contribution >= 4 is 0 Å². The van der Waals surface area contributed by atoms with Crippen LogP contribution in [0.15, 0.2) is 158 Å². The van der Waals surface area contributed by atoms with Gasteiger partial charge in [0.15, 0.2) is 0 Å². The molecule has 2 heterocycles. The van der Waals surface area contributed by atoms with Gasteiger partial charge in [0.1, 0.15) is 11.6 Å². The van der Waals surface area contributed by atoms with Crippen molar-refractivity contribution in [3.63, 3.8) is 0 Å². The first kappa shape index (κ1) is 46.8. The van der Waals surface area contributed by atoms with Crippen LogP contribution in [-0.4, -0.2) is 19.1 Å². The molecule has 4 aliphatic rings. The minimum Gasteiger partial charge on any atom is -0.299 e. The zero-order valence-electron chi connectivity index (χ0n) is 42.8. The topological polar surface area (TPSA) is 35.6 Å². The van der Waals surface area contributed by atoms with Crippen LogP contribution in [0.1, 0.15) is 203 Å². The van der Waals surface area contributed by atoms with Gasteiger partial charge in [-0.15, -0.1) is 0 Å². The zero-order valence-corrected chi connectivity index (χ0v) is 42.8. The van der Waals surface area contributed by atoms with Crippen LogP contribution in [0.25, 0.3) is 45.3 Å². The number of hydrogen-bond donors (Lipinski definition) is 0. The highest BCUT2D eigenvalue weighted by Gasteiger charge is 2.31. The smallest absolute Gasteiger partial charge is 0.144 e. The van der Waals surface area contributed by atoms with E-state index in [1.165, 1.54) is 190 Å². The molecule has 4 nitrogen and oxygen atoms in total. The zero-order chi connectivity index (χ0) is 48.2. The Bertz CT molecular complexity index is 3000. The summed E-state index contributed by atoms with van der Waals surface area (Å²) < 4.78 is 5.01. The van der Waals surface area contributed by atoms with Gasteiger partial charge in [-0.25, -0.2) is 9.97 Å². The number of hydrogen-bond acceptors (Lipinski definition) is 2. The van der Waals surface area contributed by atoms with Gasteiger partial charge in [0.25, 0.3) is 0 Å². The Hall–Kier alpha value is -6.26. The van der Waals surface area contributed by atoms with Gasteiger partial charge in [0, 0.05) is 41.8 Å². The summed E-state index contributed by atoms with van der Waals surface area (Å²) in [5, 5.41) is 0. The molecular weight excluding hydrogens is 873 g/mol.